The van der Waals surface area contributed by atoms with Crippen LogP contribution in [0.4, 0.5) is 0 Å². The zero-order valence-electron chi connectivity index (χ0n) is 13.2. The molecule has 1 fully saturated rings. The van der Waals surface area contributed by atoms with Crippen molar-refractivity contribution in [3.05, 3.63) is 46.6 Å². The van der Waals surface area contributed by atoms with E-state index in [0.717, 1.165) is 51.4 Å². The molecule has 0 saturated carbocycles. The van der Waals surface area contributed by atoms with Gasteiger partial charge in [-0.25, -0.2) is 0 Å². The maximum absolute atomic E-state index is 12.8. The molecule has 0 aromatic rings. The summed E-state index contributed by atoms with van der Waals surface area (Å²) in [7, 11) is 0. The molecule has 0 unspecified atom stereocenters. The van der Waals surface area contributed by atoms with Crippen LogP contribution in [-0.4, -0.2) is 11.9 Å². The number of carbonyl (C=O) groups is 2. The smallest absolute Gasteiger partial charge is 0.321 e. The molecule has 0 spiro atoms. The second-order valence-corrected chi connectivity index (χ2v) is 7.72. The molecule has 0 atom stereocenters. The molecule has 23 heavy (non-hydrogen) atoms. The Kier molecular flexibility index (Phi) is 2.55. The van der Waals surface area contributed by atoms with E-state index in [2.05, 4.69) is 24.3 Å². The Balaban J connectivity index is 1.67. The Labute approximate surface area is 135 Å². The van der Waals surface area contributed by atoms with Gasteiger partial charge in [0.2, 0.25) is 0 Å². The van der Waals surface area contributed by atoms with Crippen LogP contribution in [0, 0.1) is 10.8 Å². The number of allylic oxidation sites excluding steroid dienone is 8. The molecule has 0 amide bonds. The predicted octanol–water partition coefficient (Wildman–Crippen LogP) is 3.92. The Morgan fingerprint density at radius 1 is 0.609 bits per heavy atom. The van der Waals surface area contributed by atoms with Crippen molar-refractivity contribution in [1.82, 2.24) is 0 Å². The fraction of sp³-hybridized carbons (Fsp3) is 0.500. The van der Waals surface area contributed by atoms with Crippen LogP contribution in [0.25, 0.3) is 0 Å². The number of esters is 2. The van der Waals surface area contributed by atoms with Crippen molar-refractivity contribution >= 4 is 11.9 Å². The highest BCUT2D eigenvalue weighted by Crippen LogP contribution is 2.67. The third kappa shape index (κ3) is 1.55. The molecule has 5 aliphatic rings. The lowest BCUT2D eigenvalue weighted by Crippen LogP contribution is -2.51. The summed E-state index contributed by atoms with van der Waals surface area (Å²) in [6, 6.07) is 0. The summed E-state index contributed by atoms with van der Waals surface area (Å²) in [6.07, 6.45) is 15.4. The maximum Gasteiger partial charge on any atom is 0.321 e. The van der Waals surface area contributed by atoms with Crippen LogP contribution in [0.2, 0.25) is 0 Å². The van der Waals surface area contributed by atoms with Gasteiger partial charge >= 0.3 is 11.9 Å². The molecule has 0 aromatic heterocycles. The van der Waals surface area contributed by atoms with Crippen LogP contribution >= 0.6 is 0 Å². The minimum Gasteiger partial charge on any atom is -0.392 e. The average Bonchev–Trinajstić information content (AvgIpc) is 2.77. The Hall–Kier alpha value is -1.90. The molecule has 1 saturated heterocycles. The fourth-order valence-corrected chi connectivity index (χ4v) is 5.49. The van der Waals surface area contributed by atoms with Crippen molar-refractivity contribution in [2.45, 2.75) is 51.4 Å². The van der Waals surface area contributed by atoms with Crippen LogP contribution in [-0.2, 0) is 14.3 Å². The van der Waals surface area contributed by atoms with Gasteiger partial charge in [-0.3, -0.25) is 9.59 Å². The van der Waals surface area contributed by atoms with Crippen molar-refractivity contribution < 1.29 is 14.3 Å². The molecule has 1 heterocycles. The molecule has 0 radical (unpaired) electrons. The van der Waals surface area contributed by atoms with Crippen LogP contribution in [0.5, 0.6) is 0 Å². The summed E-state index contributed by atoms with van der Waals surface area (Å²) >= 11 is 0. The number of rotatable bonds is 0. The van der Waals surface area contributed by atoms with E-state index in [0.29, 0.717) is 0 Å². The Morgan fingerprint density at radius 3 is 1.22 bits per heavy atom. The number of hydrogen-bond acceptors (Lipinski definition) is 3. The monoisotopic (exact) mass is 308 g/mol. The normalized spacial score (nSPS) is 38.1. The van der Waals surface area contributed by atoms with Crippen LogP contribution in [0.1, 0.15) is 51.4 Å². The van der Waals surface area contributed by atoms with Crippen molar-refractivity contribution in [3.63, 3.8) is 0 Å². The first-order valence-electron chi connectivity index (χ1n) is 8.61. The molecule has 3 heteroatoms. The molecule has 0 bridgehead atoms. The number of ether oxygens (including phenoxy) is 1. The zero-order valence-corrected chi connectivity index (χ0v) is 13.2. The van der Waals surface area contributed by atoms with Gasteiger partial charge in [0.1, 0.15) is 0 Å². The summed E-state index contributed by atoms with van der Waals surface area (Å²) in [5.41, 5.74) is 4.27. The van der Waals surface area contributed by atoms with Gasteiger partial charge in [0.05, 0.1) is 10.8 Å². The molecule has 1 aliphatic heterocycles. The summed E-state index contributed by atoms with van der Waals surface area (Å²) in [5, 5.41) is 0. The van der Waals surface area contributed by atoms with Crippen molar-refractivity contribution in [2.24, 2.45) is 10.8 Å². The average molecular weight is 308 g/mol. The van der Waals surface area contributed by atoms with Crippen molar-refractivity contribution in [1.29, 1.82) is 0 Å². The molecule has 3 nitrogen and oxygen atoms in total. The van der Waals surface area contributed by atoms with E-state index in [1.807, 2.05) is 0 Å². The van der Waals surface area contributed by atoms with E-state index in [1.54, 1.807) is 0 Å². The lowest BCUT2D eigenvalue weighted by molar-refractivity contribution is -0.155. The van der Waals surface area contributed by atoms with Gasteiger partial charge in [-0.2, -0.15) is 0 Å². The topological polar surface area (TPSA) is 43.4 Å². The van der Waals surface area contributed by atoms with Gasteiger partial charge in [-0.05, 0) is 51.4 Å². The predicted molar refractivity (Wildman–Crippen MR) is 85.2 cm³/mol. The molecule has 118 valence electrons. The summed E-state index contributed by atoms with van der Waals surface area (Å²) in [6.45, 7) is 0. The molecule has 0 aromatic carbocycles. The third-order valence-electron chi connectivity index (χ3n) is 6.73. The fourth-order valence-electron chi connectivity index (χ4n) is 5.49. The zero-order chi connectivity index (χ0) is 15.7. The highest BCUT2D eigenvalue weighted by atomic mass is 16.6. The van der Waals surface area contributed by atoms with E-state index < -0.39 is 10.8 Å². The van der Waals surface area contributed by atoms with Crippen molar-refractivity contribution in [3.8, 4) is 0 Å². The van der Waals surface area contributed by atoms with E-state index in [4.69, 9.17) is 4.74 Å². The number of cyclic esters (lactones) is 2. The SMILES string of the molecule is O=C1OC(=O)C23CC4=C(CC=CC4)CC12CC1=C(CC=CC1)C3. The van der Waals surface area contributed by atoms with Gasteiger partial charge in [0.15, 0.2) is 0 Å². The van der Waals surface area contributed by atoms with E-state index >= 15 is 0 Å². The van der Waals surface area contributed by atoms with E-state index in [-0.39, 0.29) is 11.9 Å². The highest BCUT2D eigenvalue weighted by Gasteiger charge is 2.71. The standard InChI is InChI=1S/C20H20O3/c21-17-19-9-13-5-1-2-6-14(13)10-20(19,18(22)23-17)12-16-8-4-3-7-15(16)11-19/h1-4H,5-12H2. The van der Waals surface area contributed by atoms with Gasteiger partial charge in [0.25, 0.3) is 0 Å². The first-order chi connectivity index (χ1) is 11.1. The van der Waals surface area contributed by atoms with Gasteiger partial charge in [0, 0.05) is 0 Å². The van der Waals surface area contributed by atoms with Gasteiger partial charge in [-0.1, -0.05) is 46.6 Å². The second kappa shape index (κ2) is 4.34. The third-order valence-corrected chi connectivity index (χ3v) is 6.73. The summed E-state index contributed by atoms with van der Waals surface area (Å²) in [5.74, 6) is -0.519. The molecule has 4 aliphatic carbocycles. The van der Waals surface area contributed by atoms with Gasteiger partial charge < -0.3 is 4.74 Å². The van der Waals surface area contributed by atoms with Crippen molar-refractivity contribution in [2.75, 3.05) is 0 Å². The van der Waals surface area contributed by atoms with E-state index in [9.17, 15) is 9.59 Å². The largest absolute Gasteiger partial charge is 0.392 e. The number of carbonyl (C=O) groups excluding carboxylic acids is 2. The minimum atomic E-state index is -0.627. The lowest BCUT2D eigenvalue weighted by atomic mass is 9.48. The molecule has 5 rings (SSSR count). The summed E-state index contributed by atoms with van der Waals surface area (Å²) < 4.78 is 5.28. The number of hydrogen-bond donors (Lipinski definition) is 0. The molecular weight excluding hydrogens is 288 g/mol. The van der Waals surface area contributed by atoms with E-state index in [1.165, 1.54) is 22.3 Å². The summed E-state index contributed by atoms with van der Waals surface area (Å²) in [4.78, 5) is 25.6. The Bertz CT molecular complexity index is 656. The van der Waals surface area contributed by atoms with Crippen LogP contribution in [0.15, 0.2) is 46.6 Å². The first kappa shape index (κ1) is 13.5. The second-order valence-electron chi connectivity index (χ2n) is 7.72. The van der Waals surface area contributed by atoms with Crippen LogP contribution in [0.3, 0.4) is 0 Å². The minimum absolute atomic E-state index is 0.260. The Morgan fingerprint density at radius 2 is 0.913 bits per heavy atom. The van der Waals surface area contributed by atoms with Crippen LogP contribution < -0.4 is 0 Å². The molecule has 0 N–H and O–H groups in total. The molecular formula is C20H20O3. The first-order valence-corrected chi connectivity index (χ1v) is 8.61. The quantitative estimate of drug-likeness (QED) is 0.387. The highest BCUT2D eigenvalue weighted by molar-refractivity contribution is 6.03. The lowest BCUT2D eigenvalue weighted by Gasteiger charge is -2.50. The maximum atomic E-state index is 12.8. The van der Waals surface area contributed by atoms with Gasteiger partial charge in [-0.15, -0.1) is 0 Å².